The molecular formula is C19H21NO3. The molecule has 0 N–H and O–H groups in total. The minimum absolute atomic E-state index is 0.199. The molecule has 1 heterocycles. The van der Waals surface area contributed by atoms with Crippen molar-refractivity contribution in [2.45, 2.75) is 26.4 Å². The Morgan fingerprint density at radius 3 is 2.52 bits per heavy atom. The van der Waals surface area contributed by atoms with Crippen LogP contribution < -0.4 is 9.47 Å². The van der Waals surface area contributed by atoms with Crippen LogP contribution in [0.1, 0.15) is 24.5 Å². The molecule has 4 nitrogen and oxygen atoms in total. The molecule has 120 valence electrons. The van der Waals surface area contributed by atoms with Gasteiger partial charge in [0.15, 0.2) is 0 Å². The van der Waals surface area contributed by atoms with E-state index in [1.807, 2.05) is 30.0 Å². The number of fused-ring (bicyclic) bond motifs is 1. The van der Waals surface area contributed by atoms with Crippen molar-refractivity contribution >= 4 is 5.91 Å². The van der Waals surface area contributed by atoms with Gasteiger partial charge in [0, 0.05) is 31.1 Å². The van der Waals surface area contributed by atoms with E-state index in [-0.39, 0.29) is 5.91 Å². The topological polar surface area (TPSA) is 38.8 Å². The third-order valence-electron chi connectivity index (χ3n) is 4.30. The van der Waals surface area contributed by atoms with Gasteiger partial charge >= 0.3 is 0 Å². The second-order valence-electron chi connectivity index (χ2n) is 5.65. The summed E-state index contributed by atoms with van der Waals surface area (Å²) in [6.45, 7) is 3.30. The normalized spacial score (nSPS) is 12.9. The quantitative estimate of drug-likeness (QED) is 0.865. The molecule has 2 aromatic rings. The number of hydrogen-bond acceptors (Lipinski definition) is 3. The van der Waals surface area contributed by atoms with Gasteiger partial charge in [0.2, 0.25) is 5.91 Å². The van der Waals surface area contributed by atoms with Crippen LogP contribution in [0.2, 0.25) is 0 Å². The van der Waals surface area contributed by atoms with Gasteiger partial charge in [0.1, 0.15) is 11.5 Å². The highest BCUT2D eigenvalue weighted by Crippen LogP contribution is 2.35. The number of benzene rings is 2. The number of carbonyl (C=O) groups is 1. The van der Waals surface area contributed by atoms with Crippen LogP contribution in [0.4, 0.5) is 0 Å². The largest absolute Gasteiger partial charge is 0.497 e. The van der Waals surface area contributed by atoms with E-state index in [4.69, 9.17) is 9.47 Å². The second kappa shape index (κ2) is 6.32. The first-order valence-corrected chi connectivity index (χ1v) is 7.78. The Hall–Kier alpha value is -2.49. The Bertz CT molecular complexity index is 739. The number of nitrogens with zero attached hydrogens (tertiary/aromatic N) is 1. The molecular weight excluding hydrogens is 290 g/mol. The van der Waals surface area contributed by atoms with E-state index in [1.165, 1.54) is 11.1 Å². The lowest BCUT2D eigenvalue weighted by Gasteiger charge is -2.13. The molecule has 1 amide bonds. The van der Waals surface area contributed by atoms with E-state index in [1.54, 1.807) is 14.2 Å². The molecule has 0 aromatic heterocycles. The molecule has 0 atom stereocenters. The van der Waals surface area contributed by atoms with Crippen LogP contribution in [0.15, 0.2) is 36.4 Å². The fourth-order valence-corrected chi connectivity index (χ4v) is 3.00. The standard InChI is InChI=1S/C19H21NO3/c1-4-19(21)20-11-14-6-5-13(9-15(14)12-20)17-8-7-16(22-2)10-18(17)23-3/h5-10H,4,11-12H2,1-3H3. The van der Waals surface area contributed by atoms with Gasteiger partial charge in [0.25, 0.3) is 0 Å². The SMILES string of the molecule is CCC(=O)N1Cc2ccc(-c3ccc(OC)cc3OC)cc2C1. The average Bonchev–Trinajstić information content (AvgIpc) is 3.03. The fraction of sp³-hybridized carbons (Fsp3) is 0.316. The van der Waals surface area contributed by atoms with Gasteiger partial charge in [-0.1, -0.05) is 19.1 Å². The number of carbonyl (C=O) groups excluding carboxylic acids is 1. The van der Waals surface area contributed by atoms with Crippen molar-refractivity contribution in [1.82, 2.24) is 4.90 Å². The first-order chi connectivity index (χ1) is 11.2. The maximum atomic E-state index is 11.9. The monoisotopic (exact) mass is 311 g/mol. The molecule has 0 fully saturated rings. The molecule has 0 bridgehead atoms. The van der Waals surface area contributed by atoms with Gasteiger partial charge in [-0.25, -0.2) is 0 Å². The number of methoxy groups -OCH3 is 2. The highest BCUT2D eigenvalue weighted by Gasteiger charge is 2.22. The molecule has 3 rings (SSSR count). The molecule has 0 saturated heterocycles. The summed E-state index contributed by atoms with van der Waals surface area (Å²) in [6, 6.07) is 12.2. The second-order valence-corrected chi connectivity index (χ2v) is 5.65. The molecule has 0 spiro atoms. The van der Waals surface area contributed by atoms with E-state index in [2.05, 4.69) is 18.2 Å². The molecule has 0 radical (unpaired) electrons. The van der Waals surface area contributed by atoms with Crippen molar-refractivity contribution in [2.24, 2.45) is 0 Å². The Morgan fingerprint density at radius 1 is 1.04 bits per heavy atom. The van der Waals surface area contributed by atoms with Gasteiger partial charge in [0.05, 0.1) is 14.2 Å². The molecule has 1 aliphatic heterocycles. The maximum Gasteiger partial charge on any atom is 0.222 e. The molecule has 0 aliphatic carbocycles. The number of rotatable bonds is 4. The third-order valence-corrected chi connectivity index (χ3v) is 4.30. The van der Waals surface area contributed by atoms with Crippen molar-refractivity contribution in [1.29, 1.82) is 0 Å². The van der Waals surface area contributed by atoms with Crippen molar-refractivity contribution < 1.29 is 14.3 Å². The zero-order chi connectivity index (χ0) is 16.4. The minimum atomic E-state index is 0.199. The summed E-state index contributed by atoms with van der Waals surface area (Å²) >= 11 is 0. The van der Waals surface area contributed by atoms with Crippen LogP contribution >= 0.6 is 0 Å². The van der Waals surface area contributed by atoms with Crippen LogP contribution in [0.25, 0.3) is 11.1 Å². The van der Waals surface area contributed by atoms with Gasteiger partial charge in [-0.15, -0.1) is 0 Å². The average molecular weight is 311 g/mol. The zero-order valence-electron chi connectivity index (χ0n) is 13.8. The van der Waals surface area contributed by atoms with E-state index >= 15 is 0 Å². The summed E-state index contributed by atoms with van der Waals surface area (Å²) in [6.07, 6.45) is 0.549. The first-order valence-electron chi connectivity index (χ1n) is 7.78. The number of hydrogen-bond donors (Lipinski definition) is 0. The summed E-state index contributed by atoms with van der Waals surface area (Å²) in [5.74, 6) is 1.75. The lowest BCUT2D eigenvalue weighted by atomic mass is 10.00. The minimum Gasteiger partial charge on any atom is -0.497 e. The molecule has 0 saturated carbocycles. The lowest BCUT2D eigenvalue weighted by Crippen LogP contribution is -2.23. The molecule has 2 aromatic carbocycles. The summed E-state index contributed by atoms with van der Waals surface area (Å²) in [5.41, 5.74) is 4.55. The van der Waals surface area contributed by atoms with E-state index in [0.717, 1.165) is 22.6 Å². The Balaban J connectivity index is 1.94. The van der Waals surface area contributed by atoms with Crippen LogP contribution in [0.3, 0.4) is 0 Å². The molecule has 23 heavy (non-hydrogen) atoms. The molecule has 1 aliphatic rings. The van der Waals surface area contributed by atoms with Crippen LogP contribution in [0, 0.1) is 0 Å². The van der Waals surface area contributed by atoms with Crippen molar-refractivity contribution in [3.63, 3.8) is 0 Å². The predicted octanol–water partition coefficient (Wildman–Crippen LogP) is 3.62. The van der Waals surface area contributed by atoms with Crippen molar-refractivity contribution in [3.05, 3.63) is 47.5 Å². The van der Waals surface area contributed by atoms with Gasteiger partial charge in [-0.05, 0) is 34.9 Å². The number of amides is 1. The van der Waals surface area contributed by atoms with Crippen molar-refractivity contribution in [2.75, 3.05) is 14.2 Å². The van der Waals surface area contributed by atoms with E-state index < -0.39 is 0 Å². The van der Waals surface area contributed by atoms with Gasteiger partial charge in [-0.3, -0.25) is 4.79 Å². The summed E-state index contributed by atoms with van der Waals surface area (Å²) < 4.78 is 10.7. The van der Waals surface area contributed by atoms with Gasteiger partial charge < -0.3 is 14.4 Å². The molecule has 4 heteroatoms. The lowest BCUT2D eigenvalue weighted by molar-refractivity contribution is -0.131. The van der Waals surface area contributed by atoms with Crippen molar-refractivity contribution in [3.8, 4) is 22.6 Å². The Kier molecular flexibility index (Phi) is 4.24. The summed E-state index contributed by atoms with van der Waals surface area (Å²) in [4.78, 5) is 13.8. The van der Waals surface area contributed by atoms with Crippen LogP contribution in [-0.2, 0) is 17.9 Å². The highest BCUT2D eigenvalue weighted by molar-refractivity contribution is 5.77. The highest BCUT2D eigenvalue weighted by atomic mass is 16.5. The van der Waals surface area contributed by atoms with Crippen LogP contribution in [0.5, 0.6) is 11.5 Å². The fourth-order valence-electron chi connectivity index (χ4n) is 3.00. The van der Waals surface area contributed by atoms with E-state index in [0.29, 0.717) is 19.5 Å². The van der Waals surface area contributed by atoms with Crippen LogP contribution in [-0.4, -0.2) is 25.0 Å². The zero-order valence-corrected chi connectivity index (χ0v) is 13.8. The third kappa shape index (κ3) is 2.89. The summed E-state index contributed by atoms with van der Waals surface area (Å²) in [5, 5.41) is 0. The number of ether oxygens (including phenoxy) is 2. The summed E-state index contributed by atoms with van der Waals surface area (Å²) in [7, 11) is 3.30. The Labute approximate surface area is 136 Å². The van der Waals surface area contributed by atoms with E-state index in [9.17, 15) is 4.79 Å². The predicted molar refractivity (Wildman–Crippen MR) is 89.5 cm³/mol. The Morgan fingerprint density at radius 2 is 1.83 bits per heavy atom. The smallest absolute Gasteiger partial charge is 0.222 e. The first kappa shape index (κ1) is 15.4. The molecule has 0 unspecified atom stereocenters. The van der Waals surface area contributed by atoms with Gasteiger partial charge in [-0.2, -0.15) is 0 Å². The maximum absolute atomic E-state index is 11.9.